The third kappa shape index (κ3) is 4.01. The van der Waals surface area contributed by atoms with Gasteiger partial charge >= 0.3 is 3.98 Å². The molecule has 25 heavy (non-hydrogen) atoms. The molecule has 2 nitrogen and oxygen atoms in total. The molecule has 3 rings (SSSR count). The highest BCUT2D eigenvalue weighted by atomic mass is 127. The largest absolute Gasteiger partial charge is 0.419 e. The predicted octanol–water partition coefficient (Wildman–Crippen LogP) is 6.37. The second-order valence-electron chi connectivity index (χ2n) is 5.19. The van der Waals surface area contributed by atoms with E-state index in [1.54, 1.807) is 24.3 Å². The molecule has 0 saturated heterocycles. The van der Waals surface area contributed by atoms with Crippen LogP contribution in [0.25, 0.3) is 22.3 Å². The van der Waals surface area contributed by atoms with Crippen molar-refractivity contribution in [1.82, 2.24) is 0 Å². The average molecular weight is 454 g/mol. The Morgan fingerprint density at radius 1 is 0.720 bits per heavy atom. The van der Waals surface area contributed by atoms with E-state index in [0.717, 1.165) is 18.2 Å². The molecule has 0 saturated carbocycles. The fourth-order valence-electron chi connectivity index (χ4n) is 2.40. The molecular formula is C19H10F3IO2. The molecule has 0 N–H and O–H groups in total. The van der Waals surface area contributed by atoms with Crippen LogP contribution in [0.5, 0.6) is 5.75 Å². The molecule has 126 valence electrons. The van der Waals surface area contributed by atoms with Gasteiger partial charge in [0.05, 0.1) is 22.6 Å². The van der Waals surface area contributed by atoms with E-state index in [0.29, 0.717) is 22.3 Å². The zero-order valence-electron chi connectivity index (χ0n) is 12.6. The Morgan fingerprint density at radius 3 is 1.96 bits per heavy atom. The van der Waals surface area contributed by atoms with Gasteiger partial charge < -0.3 is 4.74 Å². The second-order valence-corrected chi connectivity index (χ2v) is 6.07. The third-order valence-corrected chi connectivity index (χ3v) is 3.81. The quantitative estimate of drug-likeness (QED) is 0.340. The van der Waals surface area contributed by atoms with Crippen LogP contribution < -0.4 is 4.74 Å². The molecule has 0 aliphatic carbocycles. The Hall–Kier alpha value is -2.35. The van der Waals surface area contributed by atoms with Gasteiger partial charge in [-0.3, -0.25) is 0 Å². The Kier molecular flexibility index (Phi) is 5.08. The molecule has 0 unspecified atom stereocenters. The van der Waals surface area contributed by atoms with Crippen LogP contribution in [0, 0.1) is 17.5 Å². The van der Waals surface area contributed by atoms with E-state index in [2.05, 4.69) is 0 Å². The first-order valence-corrected chi connectivity index (χ1v) is 8.24. The maximum Gasteiger partial charge on any atom is 0.372 e. The van der Waals surface area contributed by atoms with E-state index in [1.807, 2.05) is 0 Å². The molecule has 0 fully saturated rings. The summed E-state index contributed by atoms with van der Waals surface area (Å²) in [5.74, 6) is -2.24. The van der Waals surface area contributed by atoms with Gasteiger partial charge in [0.2, 0.25) is 0 Å². The maximum atomic E-state index is 14.2. The maximum absolute atomic E-state index is 14.2. The molecule has 0 bridgehead atoms. The van der Waals surface area contributed by atoms with Crippen molar-refractivity contribution in [3.63, 3.8) is 0 Å². The number of hydrogen-bond acceptors (Lipinski definition) is 2. The Bertz CT molecular complexity index is 940. The SMILES string of the molecule is O=C(I)Oc1ccc(-c2ccc(-c3ccc(F)c(F)c3)cc2)c(F)c1. The van der Waals surface area contributed by atoms with E-state index in [1.165, 1.54) is 40.8 Å². The lowest BCUT2D eigenvalue weighted by Crippen LogP contribution is -1.96. The summed E-state index contributed by atoms with van der Waals surface area (Å²) in [5.41, 5.74) is 2.15. The first-order chi connectivity index (χ1) is 11.9. The van der Waals surface area contributed by atoms with E-state index in [4.69, 9.17) is 4.74 Å². The van der Waals surface area contributed by atoms with Gasteiger partial charge in [-0.05, 0) is 41.0 Å². The van der Waals surface area contributed by atoms with E-state index < -0.39 is 21.4 Å². The van der Waals surface area contributed by atoms with Crippen LogP contribution in [-0.2, 0) is 0 Å². The van der Waals surface area contributed by atoms with Gasteiger partial charge in [-0.2, -0.15) is 0 Å². The smallest absolute Gasteiger partial charge is 0.372 e. The highest BCUT2D eigenvalue weighted by Crippen LogP contribution is 2.29. The highest BCUT2D eigenvalue weighted by molar-refractivity contribution is 14.1. The number of halogens is 4. The highest BCUT2D eigenvalue weighted by Gasteiger charge is 2.10. The standard InChI is InChI=1S/C19H10F3IO2/c20-16-8-5-13(9-18(16)22)11-1-3-12(4-2-11)15-7-6-14(10-17(15)21)25-19(23)24/h1-10H. The van der Waals surface area contributed by atoms with Crippen molar-refractivity contribution in [2.45, 2.75) is 0 Å². The van der Waals surface area contributed by atoms with Crippen molar-refractivity contribution in [3.8, 4) is 28.0 Å². The topological polar surface area (TPSA) is 26.3 Å². The predicted molar refractivity (Wildman–Crippen MR) is 97.2 cm³/mol. The summed E-state index contributed by atoms with van der Waals surface area (Å²) in [6, 6.07) is 14.5. The normalized spacial score (nSPS) is 10.6. The van der Waals surface area contributed by atoms with Crippen molar-refractivity contribution < 1.29 is 22.7 Å². The summed E-state index contributed by atoms with van der Waals surface area (Å²) in [6.45, 7) is 0. The minimum Gasteiger partial charge on any atom is -0.419 e. The van der Waals surface area contributed by atoms with Gasteiger partial charge in [0.1, 0.15) is 11.6 Å². The molecule has 0 aliphatic heterocycles. The van der Waals surface area contributed by atoms with Crippen molar-refractivity contribution in [1.29, 1.82) is 0 Å². The van der Waals surface area contributed by atoms with Crippen molar-refractivity contribution >= 4 is 26.6 Å². The van der Waals surface area contributed by atoms with Gasteiger partial charge in [-0.25, -0.2) is 18.0 Å². The molecule has 0 spiro atoms. The zero-order valence-corrected chi connectivity index (χ0v) is 14.8. The molecule has 6 heteroatoms. The Balaban J connectivity index is 1.89. The lowest BCUT2D eigenvalue weighted by atomic mass is 10.00. The molecule has 0 heterocycles. The van der Waals surface area contributed by atoms with Crippen LogP contribution in [0.4, 0.5) is 18.0 Å². The Labute approximate surface area is 155 Å². The van der Waals surface area contributed by atoms with Crippen LogP contribution in [0.2, 0.25) is 0 Å². The molecule has 0 atom stereocenters. The number of benzene rings is 3. The summed E-state index contributed by atoms with van der Waals surface area (Å²) in [4.78, 5) is 10.9. The number of carbonyl (C=O) groups excluding carboxylic acids is 1. The van der Waals surface area contributed by atoms with Crippen LogP contribution >= 0.6 is 22.6 Å². The first kappa shape index (κ1) is 17.5. The molecule has 0 amide bonds. The van der Waals surface area contributed by atoms with E-state index >= 15 is 0 Å². The summed E-state index contributed by atoms with van der Waals surface area (Å²) in [7, 11) is 0. The van der Waals surface area contributed by atoms with Gasteiger partial charge in [0.25, 0.3) is 0 Å². The molecule has 0 aromatic heterocycles. The fourth-order valence-corrected chi connectivity index (χ4v) is 2.66. The number of rotatable bonds is 3. The van der Waals surface area contributed by atoms with Crippen molar-refractivity contribution in [3.05, 3.63) is 78.1 Å². The fraction of sp³-hybridized carbons (Fsp3) is 0. The first-order valence-electron chi connectivity index (χ1n) is 7.17. The summed E-state index contributed by atoms with van der Waals surface area (Å²) in [6.07, 6.45) is 0. The van der Waals surface area contributed by atoms with Crippen LogP contribution in [0.15, 0.2) is 60.7 Å². The van der Waals surface area contributed by atoms with Gasteiger partial charge in [0, 0.05) is 11.6 Å². The van der Waals surface area contributed by atoms with Gasteiger partial charge in [-0.15, -0.1) is 0 Å². The van der Waals surface area contributed by atoms with E-state index in [9.17, 15) is 18.0 Å². The zero-order chi connectivity index (χ0) is 18.0. The minimum absolute atomic E-state index is 0.124. The van der Waals surface area contributed by atoms with E-state index in [-0.39, 0.29) is 5.75 Å². The third-order valence-electron chi connectivity index (χ3n) is 3.59. The van der Waals surface area contributed by atoms with Crippen LogP contribution in [-0.4, -0.2) is 3.98 Å². The Morgan fingerprint density at radius 2 is 1.36 bits per heavy atom. The molecule has 3 aromatic rings. The van der Waals surface area contributed by atoms with Crippen LogP contribution in [0.1, 0.15) is 0 Å². The number of hydrogen-bond donors (Lipinski definition) is 0. The van der Waals surface area contributed by atoms with Gasteiger partial charge in [0.15, 0.2) is 11.6 Å². The van der Waals surface area contributed by atoms with Gasteiger partial charge in [-0.1, -0.05) is 30.3 Å². The molecule has 3 aromatic carbocycles. The molecule has 0 radical (unpaired) electrons. The lowest BCUT2D eigenvalue weighted by molar-refractivity contribution is 0.230. The van der Waals surface area contributed by atoms with Crippen molar-refractivity contribution in [2.24, 2.45) is 0 Å². The molecule has 0 aliphatic rings. The van der Waals surface area contributed by atoms with Crippen molar-refractivity contribution in [2.75, 3.05) is 0 Å². The van der Waals surface area contributed by atoms with Crippen LogP contribution in [0.3, 0.4) is 0 Å². The summed E-state index contributed by atoms with van der Waals surface area (Å²) in [5, 5.41) is 0. The number of carbonyl (C=O) groups is 1. The lowest BCUT2D eigenvalue weighted by Gasteiger charge is -2.08. The summed E-state index contributed by atoms with van der Waals surface area (Å²) >= 11 is 1.46. The molecular weight excluding hydrogens is 444 g/mol. The minimum atomic E-state index is -0.923. The monoisotopic (exact) mass is 454 g/mol. The summed E-state index contributed by atoms with van der Waals surface area (Å²) < 4.78 is 44.8. The average Bonchev–Trinajstić information content (AvgIpc) is 2.57. The second kappa shape index (κ2) is 7.26. The number of ether oxygens (including phenoxy) is 1.